The predicted molar refractivity (Wildman–Crippen MR) is 76.0 cm³/mol. The van der Waals surface area contributed by atoms with Gasteiger partial charge in [-0.05, 0) is 23.8 Å². The summed E-state index contributed by atoms with van der Waals surface area (Å²) in [6, 6.07) is 6.99. The van der Waals surface area contributed by atoms with Gasteiger partial charge in [0.1, 0.15) is 0 Å². The molecule has 0 bridgehead atoms. The largest absolute Gasteiger partial charge is 0.323 e. The highest BCUT2D eigenvalue weighted by molar-refractivity contribution is 9.09. The van der Waals surface area contributed by atoms with E-state index >= 15 is 0 Å². The summed E-state index contributed by atoms with van der Waals surface area (Å²) < 4.78 is 40.1. The molecule has 0 saturated heterocycles. The Bertz CT molecular complexity index is 888. The van der Waals surface area contributed by atoms with Crippen LogP contribution in [0.15, 0.2) is 35.1 Å². The fraction of sp³-hybridized carbons (Fsp3) is 0.0714. The molecule has 0 saturated carbocycles. The van der Waals surface area contributed by atoms with E-state index < -0.39 is 22.3 Å². The maximum atomic E-state index is 13.8. The van der Waals surface area contributed by atoms with Crippen LogP contribution in [-0.2, 0) is 0 Å². The molecule has 108 valence electrons. The minimum atomic E-state index is -1.51. The van der Waals surface area contributed by atoms with Gasteiger partial charge in [-0.15, -0.1) is 0 Å². The molecule has 3 nitrogen and oxygen atoms in total. The van der Waals surface area contributed by atoms with E-state index in [1.54, 1.807) is 18.2 Å². The Morgan fingerprint density at radius 2 is 1.67 bits per heavy atom. The second kappa shape index (κ2) is 5.07. The molecule has 0 aliphatic heterocycles. The van der Waals surface area contributed by atoms with Crippen LogP contribution in [0, 0.1) is 17.5 Å². The highest BCUT2D eigenvalue weighted by Crippen LogP contribution is 2.34. The van der Waals surface area contributed by atoms with Gasteiger partial charge in [0.05, 0.1) is 15.9 Å². The van der Waals surface area contributed by atoms with Crippen molar-refractivity contribution in [2.24, 2.45) is 0 Å². The van der Waals surface area contributed by atoms with Crippen LogP contribution in [0.5, 0.6) is 0 Å². The summed E-state index contributed by atoms with van der Waals surface area (Å²) in [5.41, 5.74) is 1.38. The van der Waals surface area contributed by atoms with Crippen LogP contribution in [0.25, 0.3) is 11.0 Å². The lowest BCUT2D eigenvalue weighted by atomic mass is 10.0. The van der Waals surface area contributed by atoms with Gasteiger partial charge in [0.15, 0.2) is 17.5 Å². The number of rotatable bonds is 2. The third-order valence-corrected chi connectivity index (χ3v) is 4.19. The summed E-state index contributed by atoms with van der Waals surface area (Å²) in [6.07, 6.45) is 0. The van der Waals surface area contributed by atoms with Crippen molar-refractivity contribution in [3.8, 4) is 0 Å². The first-order valence-corrected chi connectivity index (χ1v) is 6.88. The zero-order chi connectivity index (χ0) is 15.1. The van der Waals surface area contributed by atoms with Crippen LogP contribution < -0.4 is 5.69 Å². The molecule has 1 atom stereocenters. The van der Waals surface area contributed by atoms with Crippen LogP contribution in [0.4, 0.5) is 13.2 Å². The molecule has 0 aliphatic rings. The van der Waals surface area contributed by atoms with Crippen molar-refractivity contribution >= 4 is 27.0 Å². The number of alkyl halides is 1. The molecule has 2 aromatic carbocycles. The number of nitrogens with one attached hydrogen (secondary N) is 2. The first-order chi connectivity index (χ1) is 9.97. The van der Waals surface area contributed by atoms with E-state index in [4.69, 9.17) is 0 Å². The fourth-order valence-electron chi connectivity index (χ4n) is 2.12. The van der Waals surface area contributed by atoms with E-state index in [-0.39, 0.29) is 11.3 Å². The summed E-state index contributed by atoms with van der Waals surface area (Å²) >= 11 is 3.26. The molecule has 7 heteroatoms. The second-order valence-electron chi connectivity index (χ2n) is 4.51. The number of aromatic amines is 2. The Morgan fingerprint density at radius 3 is 2.43 bits per heavy atom. The number of fused-ring (bicyclic) bond motifs is 1. The Kier molecular flexibility index (Phi) is 3.36. The number of halogens is 4. The van der Waals surface area contributed by atoms with Gasteiger partial charge >= 0.3 is 5.69 Å². The van der Waals surface area contributed by atoms with Crippen LogP contribution in [0.3, 0.4) is 0 Å². The molecule has 1 heterocycles. The average molecular weight is 357 g/mol. The Balaban J connectivity index is 2.09. The topological polar surface area (TPSA) is 48.6 Å². The molecule has 3 aromatic rings. The SMILES string of the molecule is O=c1[nH]c2ccc(C(Br)c3ccc(F)c(F)c3F)cc2[nH]1. The molecule has 1 unspecified atom stereocenters. The van der Waals surface area contributed by atoms with E-state index in [0.717, 1.165) is 6.07 Å². The molecule has 0 aliphatic carbocycles. The number of benzene rings is 2. The third kappa shape index (κ3) is 2.37. The van der Waals surface area contributed by atoms with Crippen molar-refractivity contribution in [2.45, 2.75) is 4.83 Å². The predicted octanol–water partition coefficient (Wildman–Crippen LogP) is 3.76. The Labute approximate surface area is 124 Å². The Hall–Kier alpha value is -2.02. The summed E-state index contributed by atoms with van der Waals surface area (Å²) in [4.78, 5) is 15.7. The molecular weight excluding hydrogens is 349 g/mol. The van der Waals surface area contributed by atoms with Crippen LogP contribution in [-0.4, -0.2) is 9.97 Å². The number of hydrogen-bond donors (Lipinski definition) is 2. The van der Waals surface area contributed by atoms with Crippen LogP contribution >= 0.6 is 15.9 Å². The summed E-state index contributed by atoms with van der Waals surface area (Å²) in [6.45, 7) is 0. The highest BCUT2D eigenvalue weighted by Gasteiger charge is 2.20. The molecule has 21 heavy (non-hydrogen) atoms. The average Bonchev–Trinajstić information content (AvgIpc) is 2.83. The second-order valence-corrected chi connectivity index (χ2v) is 5.43. The first kappa shape index (κ1) is 13.9. The quantitative estimate of drug-likeness (QED) is 0.533. The van der Waals surface area contributed by atoms with Gasteiger partial charge in [0.2, 0.25) is 0 Å². The highest BCUT2D eigenvalue weighted by atomic mass is 79.9. The Morgan fingerprint density at radius 1 is 0.952 bits per heavy atom. The maximum Gasteiger partial charge on any atom is 0.323 e. The van der Waals surface area contributed by atoms with Gasteiger partial charge < -0.3 is 9.97 Å². The van der Waals surface area contributed by atoms with Crippen molar-refractivity contribution in [3.05, 3.63) is 69.4 Å². The zero-order valence-electron chi connectivity index (χ0n) is 10.4. The van der Waals surface area contributed by atoms with Crippen molar-refractivity contribution < 1.29 is 13.2 Å². The number of aromatic nitrogens is 2. The maximum absolute atomic E-state index is 13.8. The van der Waals surface area contributed by atoms with Gasteiger partial charge in [-0.1, -0.05) is 28.1 Å². The normalized spacial score (nSPS) is 12.8. The fourth-order valence-corrected chi connectivity index (χ4v) is 2.76. The molecule has 3 rings (SSSR count). The summed E-state index contributed by atoms with van der Waals surface area (Å²) in [5, 5.41) is 0. The van der Waals surface area contributed by atoms with E-state index in [1.165, 1.54) is 6.07 Å². The third-order valence-electron chi connectivity index (χ3n) is 3.17. The lowest BCUT2D eigenvalue weighted by Crippen LogP contribution is -2.01. The van der Waals surface area contributed by atoms with Gasteiger partial charge in [-0.25, -0.2) is 18.0 Å². The number of imidazole rings is 1. The standard InChI is InChI=1S/C14H8BrF3N2O/c15-11(7-2-3-8(16)13(18)12(7)17)6-1-4-9-10(5-6)20-14(21)19-9/h1-5,11H,(H2,19,20,21). The molecule has 0 spiro atoms. The zero-order valence-corrected chi connectivity index (χ0v) is 12.0. The lowest BCUT2D eigenvalue weighted by Gasteiger charge is -2.12. The minimum absolute atomic E-state index is 0.0221. The van der Waals surface area contributed by atoms with Crippen molar-refractivity contribution in [2.75, 3.05) is 0 Å². The molecule has 1 aromatic heterocycles. The molecule has 0 radical (unpaired) electrons. The van der Waals surface area contributed by atoms with Gasteiger partial charge in [0.25, 0.3) is 0 Å². The van der Waals surface area contributed by atoms with Crippen LogP contribution in [0.2, 0.25) is 0 Å². The van der Waals surface area contributed by atoms with Crippen molar-refractivity contribution in [1.82, 2.24) is 9.97 Å². The number of H-pyrrole nitrogens is 2. The monoisotopic (exact) mass is 356 g/mol. The molecule has 0 amide bonds. The van der Waals surface area contributed by atoms with Crippen molar-refractivity contribution in [1.29, 1.82) is 0 Å². The molecular formula is C14H8BrF3N2O. The number of hydrogen-bond acceptors (Lipinski definition) is 1. The van der Waals surface area contributed by atoms with E-state index in [9.17, 15) is 18.0 Å². The summed E-state index contributed by atoms with van der Waals surface area (Å²) in [7, 11) is 0. The first-order valence-electron chi connectivity index (χ1n) is 5.97. The van der Waals surface area contributed by atoms with E-state index in [2.05, 4.69) is 25.9 Å². The van der Waals surface area contributed by atoms with Gasteiger partial charge in [-0.2, -0.15) is 0 Å². The smallest absolute Gasteiger partial charge is 0.306 e. The van der Waals surface area contributed by atoms with Gasteiger partial charge in [0, 0.05) is 5.56 Å². The van der Waals surface area contributed by atoms with Gasteiger partial charge in [-0.3, -0.25) is 0 Å². The summed E-state index contributed by atoms with van der Waals surface area (Å²) in [5.74, 6) is -3.98. The minimum Gasteiger partial charge on any atom is -0.306 e. The molecule has 0 fully saturated rings. The van der Waals surface area contributed by atoms with E-state index in [1.807, 2.05) is 0 Å². The molecule has 2 N–H and O–H groups in total. The van der Waals surface area contributed by atoms with E-state index in [0.29, 0.717) is 16.6 Å². The van der Waals surface area contributed by atoms with Crippen LogP contribution in [0.1, 0.15) is 16.0 Å². The lowest BCUT2D eigenvalue weighted by molar-refractivity contribution is 0.442. The van der Waals surface area contributed by atoms with Crippen molar-refractivity contribution in [3.63, 3.8) is 0 Å².